The maximum atomic E-state index is 13.6. The van der Waals surface area contributed by atoms with E-state index in [4.69, 9.17) is 5.73 Å². The van der Waals surface area contributed by atoms with Gasteiger partial charge in [-0.25, -0.2) is 9.18 Å². The Bertz CT molecular complexity index is 487. The lowest BCUT2D eigenvalue weighted by molar-refractivity contribution is -0.117. The van der Waals surface area contributed by atoms with Crippen molar-refractivity contribution in [2.45, 2.75) is 19.8 Å². The molecule has 1 amide bonds. The van der Waals surface area contributed by atoms with Crippen molar-refractivity contribution in [3.05, 3.63) is 29.6 Å². The molecule has 0 saturated heterocycles. The van der Waals surface area contributed by atoms with E-state index in [0.29, 0.717) is 6.54 Å². The predicted octanol–water partition coefficient (Wildman–Crippen LogP) is 1.93. The second-order valence-electron chi connectivity index (χ2n) is 4.45. The Morgan fingerprint density at radius 2 is 2.15 bits per heavy atom. The van der Waals surface area contributed by atoms with Crippen molar-refractivity contribution in [3.8, 4) is 0 Å². The molecule has 0 aliphatic rings. The van der Waals surface area contributed by atoms with Crippen molar-refractivity contribution in [2.24, 2.45) is 11.7 Å². The molecule has 0 fully saturated rings. The van der Waals surface area contributed by atoms with E-state index in [2.05, 4.69) is 10.1 Å². The van der Waals surface area contributed by atoms with Gasteiger partial charge < -0.3 is 15.8 Å². The van der Waals surface area contributed by atoms with Crippen LogP contribution < -0.4 is 11.1 Å². The summed E-state index contributed by atoms with van der Waals surface area (Å²) in [5, 5.41) is 2.45. The summed E-state index contributed by atoms with van der Waals surface area (Å²) >= 11 is 0. The average Bonchev–Trinajstić information content (AvgIpc) is 2.46. The van der Waals surface area contributed by atoms with Crippen molar-refractivity contribution in [3.63, 3.8) is 0 Å². The van der Waals surface area contributed by atoms with Gasteiger partial charge in [0.05, 0.1) is 18.4 Å². The lowest BCUT2D eigenvalue weighted by Gasteiger charge is -2.13. The number of benzene rings is 1. The molecule has 0 spiro atoms. The van der Waals surface area contributed by atoms with Crippen molar-refractivity contribution >= 4 is 17.6 Å². The molecule has 1 aromatic rings. The first kappa shape index (κ1) is 16.1. The van der Waals surface area contributed by atoms with Crippen LogP contribution in [0.5, 0.6) is 0 Å². The number of carbonyl (C=O) groups is 2. The van der Waals surface area contributed by atoms with E-state index in [9.17, 15) is 14.0 Å². The van der Waals surface area contributed by atoms with Gasteiger partial charge in [0.2, 0.25) is 5.91 Å². The monoisotopic (exact) mass is 282 g/mol. The highest BCUT2D eigenvalue weighted by Gasteiger charge is 2.14. The molecule has 0 bridgehead atoms. The first-order chi connectivity index (χ1) is 9.51. The van der Waals surface area contributed by atoms with Crippen LogP contribution in [0.1, 0.15) is 30.1 Å². The molecule has 5 nitrogen and oxygen atoms in total. The number of nitrogens with one attached hydrogen (secondary N) is 1. The zero-order valence-corrected chi connectivity index (χ0v) is 11.6. The summed E-state index contributed by atoms with van der Waals surface area (Å²) in [5.41, 5.74) is 5.66. The third-order valence-corrected chi connectivity index (χ3v) is 3.05. The first-order valence-electron chi connectivity index (χ1n) is 6.39. The summed E-state index contributed by atoms with van der Waals surface area (Å²) in [6.45, 7) is 2.33. The number of hydrogen-bond donors (Lipinski definition) is 2. The Labute approximate surface area is 117 Å². The van der Waals surface area contributed by atoms with E-state index in [-0.39, 0.29) is 29.5 Å². The summed E-state index contributed by atoms with van der Waals surface area (Å²) < 4.78 is 18.2. The zero-order chi connectivity index (χ0) is 15.1. The Balaban J connectivity index is 2.81. The molecule has 1 unspecified atom stereocenters. The van der Waals surface area contributed by atoms with Crippen LogP contribution in [0.3, 0.4) is 0 Å². The lowest BCUT2D eigenvalue weighted by Crippen LogP contribution is -2.22. The minimum Gasteiger partial charge on any atom is -0.465 e. The summed E-state index contributed by atoms with van der Waals surface area (Å²) in [6, 6.07) is 3.66. The lowest BCUT2D eigenvalue weighted by atomic mass is 10.0. The fourth-order valence-corrected chi connectivity index (χ4v) is 1.72. The molecule has 0 radical (unpaired) electrons. The highest BCUT2D eigenvalue weighted by molar-refractivity contribution is 5.94. The van der Waals surface area contributed by atoms with E-state index >= 15 is 0 Å². The second kappa shape index (κ2) is 7.59. The minimum absolute atomic E-state index is 0.0372. The van der Waals surface area contributed by atoms with E-state index < -0.39 is 11.8 Å². The molecule has 0 heterocycles. The fourth-order valence-electron chi connectivity index (χ4n) is 1.72. The maximum Gasteiger partial charge on any atom is 0.337 e. The minimum atomic E-state index is -0.605. The second-order valence-corrected chi connectivity index (χ2v) is 4.45. The number of esters is 1. The smallest absolute Gasteiger partial charge is 0.337 e. The number of nitrogens with two attached hydrogens (primary N) is 1. The summed E-state index contributed by atoms with van der Waals surface area (Å²) in [5.74, 6) is -1.47. The van der Waals surface area contributed by atoms with Gasteiger partial charge in [0, 0.05) is 6.42 Å². The topological polar surface area (TPSA) is 81.4 Å². The van der Waals surface area contributed by atoms with Gasteiger partial charge >= 0.3 is 5.97 Å². The Morgan fingerprint density at radius 1 is 1.45 bits per heavy atom. The molecule has 0 aromatic heterocycles. The van der Waals surface area contributed by atoms with Crippen molar-refractivity contribution in [2.75, 3.05) is 19.0 Å². The molecular weight excluding hydrogens is 263 g/mol. The normalized spacial score (nSPS) is 11.8. The third kappa shape index (κ3) is 4.31. The molecule has 0 aliphatic carbocycles. The molecule has 0 saturated carbocycles. The molecular formula is C14H19FN2O3. The number of methoxy groups -OCH3 is 1. The quantitative estimate of drug-likeness (QED) is 0.781. The molecule has 1 aromatic carbocycles. The Kier molecular flexibility index (Phi) is 6.11. The molecule has 3 N–H and O–H groups in total. The van der Waals surface area contributed by atoms with Crippen LogP contribution in [0, 0.1) is 11.7 Å². The van der Waals surface area contributed by atoms with Crippen molar-refractivity contribution < 1.29 is 18.7 Å². The van der Waals surface area contributed by atoms with Crippen LogP contribution in [0.25, 0.3) is 0 Å². The van der Waals surface area contributed by atoms with Crippen LogP contribution in [0.2, 0.25) is 0 Å². The highest BCUT2D eigenvalue weighted by Crippen LogP contribution is 2.18. The van der Waals surface area contributed by atoms with Crippen molar-refractivity contribution in [1.82, 2.24) is 0 Å². The summed E-state index contributed by atoms with van der Waals surface area (Å²) in [6.07, 6.45) is 0.990. The number of hydrogen-bond acceptors (Lipinski definition) is 4. The standard InChI is InChI=1S/C14H19FN2O3/c1-3-9(8-16)6-13(18)17-12-7-10(14(19)20-2)4-5-11(12)15/h4-5,7,9H,3,6,8,16H2,1-2H3,(H,17,18). The number of carbonyl (C=O) groups excluding carboxylic acids is 2. The van der Waals surface area contributed by atoms with Gasteiger partial charge in [-0.15, -0.1) is 0 Å². The molecule has 0 aliphatic heterocycles. The maximum absolute atomic E-state index is 13.6. The van der Waals surface area contributed by atoms with Gasteiger partial charge in [0.25, 0.3) is 0 Å². The molecule has 110 valence electrons. The first-order valence-corrected chi connectivity index (χ1v) is 6.39. The number of ether oxygens (including phenoxy) is 1. The summed E-state index contributed by atoms with van der Waals surface area (Å²) in [7, 11) is 1.23. The number of halogens is 1. The summed E-state index contributed by atoms with van der Waals surface area (Å²) in [4.78, 5) is 23.2. The van der Waals surface area contributed by atoms with Gasteiger partial charge in [-0.2, -0.15) is 0 Å². The van der Waals surface area contributed by atoms with Crippen LogP contribution >= 0.6 is 0 Å². The third-order valence-electron chi connectivity index (χ3n) is 3.05. The molecule has 6 heteroatoms. The van der Waals surface area contributed by atoms with E-state index in [1.807, 2.05) is 6.92 Å². The fraction of sp³-hybridized carbons (Fsp3) is 0.429. The van der Waals surface area contributed by atoms with E-state index in [1.54, 1.807) is 0 Å². The Morgan fingerprint density at radius 3 is 2.70 bits per heavy atom. The predicted molar refractivity (Wildman–Crippen MR) is 73.8 cm³/mol. The number of amides is 1. The van der Waals surface area contributed by atoms with Gasteiger partial charge in [-0.3, -0.25) is 4.79 Å². The van der Waals surface area contributed by atoms with Crippen LogP contribution in [-0.2, 0) is 9.53 Å². The van der Waals surface area contributed by atoms with Crippen LogP contribution in [0.4, 0.5) is 10.1 Å². The SMILES string of the molecule is CCC(CN)CC(=O)Nc1cc(C(=O)OC)ccc1F. The number of anilines is 1. The van der Waals surface area contributed by atoms with Gasteiger partial charge in [-0.1, -0.05) is 13.3 Å². The van der Waals surface area contributed by atoms with Crippen LogP contribution in [0.15, 0.2) is 18.2 Å². The van der Waals surface area contributed by atoms with E-state index in [0.717, 1.165) is 12.5 Å². The molecule has 1 rings (SSSR count). The van der Waals surface area contributed by atoms with Crippen LogP contribution in [-0.4, -0.2) is 25.5 Å². The molecule has 20 heavy (non-hydrogen) atoms. The van der Waals surface area contributed by atoms with Gasteiger partial charge in [0.15, 0.2) is 0 Å². The molecule has 1 atom stereocenters. The average molecular weight is 282 g/mol. The number of rotatable bonds is 6. The Hall–Kier alpha value is -1.95. The van der Waals surface area contributed by atoms with Gasteiger partial charge in [0.1, 0.15) is 5.82 Å². The largest absolute Gasteiger partial charge is 0.465 e. The zero-order valence-electron chi connectivity index (χ0n) is 11.6. The van der Waals surface area contributed by atoms with Crippen molar-refractivity contribution in [1.29, 1.82) is 0 Å². The highest BCUT2D eigenvalue weighted by atomic mass is 19.1. The van der Waals surface area contributed by atoms with E-state index in [1.165, 1.54) is 19.2 Å². The van der Waals surface area contributed by atoms with Gasteiger partial charge in [-0.05, 0) is 30.7 Å².